The van der Waals surface area contributed by atoms with Crippen LogP contribution in [0.4, 0.5) is 0 Å². The fourth-order valence-electron chi connectivity index (χ4n) is 3.03. The first-order valence-corrected chi connectivity index (χ1v) is 8.24. The summed E-state index contributed by atoms with van der Waals surface area (Å²) in [5, 5.41) is 9.20. The molecule has 1 aliphatic heterocycles. The predicted octanol–water partition coefficient (Wildman–Crippen LogP) is 2.65. The van der Waals surface area contributed by atoms with Gasteiger partial charge in [-0.2, -0.15) is 5.26 Å². The highest BCUT2D eigenvalue weighted by atomic mass is 16.5. The van der Waals surface area contributed by atoms with Gasteiger partial charge in [0.05, 0.1) is 37.0 Å². The maximum absolute atomic E-state index is 12.8. The second kappa shape index (κ2) is 7.82. The highest BCUT2D eigenvalue weighted by Gasteiger charge is 2.26. The molecular weight excluding hydrogens is 316 g/mol. The maximum Gasteiger partial charge on any atom is 0.255 e. The maximum atomic E-state index is 12.8. The first-order chi connectivity index (χ1) is 12.2. The van der Waals surface area contributed by atoms with Crippen LogP contribution in [0.3, 0.4) is 0 Å². The lowest BCUT2D eigenvalue weighted by Crippen LogP contribution is -2.46. The van der Waals surface area contributed by atoms with Crippen molar-refractivity contribution < 1.29 is 14.3 Å². The molecule has 0 unspecified atom stereocenters. The Morgan fingerprint density at radius 2 is 2.16 bits per heavy atom. The third-order valence-corrected chi connectivity index (χ3v) is 4.30. The molecule has 3 rings (SSSR count). The lowest BCUT2D eigenvalue weighted by Gasteiger charge is -2.33. The van der Waals surface area contributed by atoms with Crippen LogP contribution in [-0.2, 0) is 11.2 Å². The van der Waals surface area contributed by atoms with Gasteiger partial charge in [-0.1, -0.05) is 24.3 Å². The minimum absolute atomic E-state index is 0.0703. The van der Waals surface area contributed by atoms with Gasteiger partial charge in [0.2, 0.25) is 0 Å². The van der Waals surface area contributed by atoms with Crippen molar-refractivity contribution in [1.82, 2.24) is 4.90 Å². The Balaban J connectivity index is 1.70. The second-order valence-electron chi connectivity index (χ2n) is 5.96. The van der Waals surface area contributed by atoms with Crippen molar-refractivity contribution in [1.29, 1.82) is 5.26 Å². The Kier molecular flexibility index (Phi) is 5.32. The Labute approximate surface area is 147 Å². The molecule has 25 heavy (non-hydrogen) atoms. The number of nitrogens with zero attached hydrogens (tertiary/aromatic N) is 2. The van der Waals surface area contributed by atoms with Crippen LogP contribution in [0.5, 0.6) is 5.75 Å². The zero-order chi connectivity index (χ0) is 17.6. The number of benzene rings is 2. The number of methoxy groups -OCH3 is 1. The van der Waals surface area contributed by atoms with Gasteiger partial charge in [-0.25, -0.2) is 0 Å². The van der Waals surface area contributed by atoms with Crippen LogP contribution in [0.25, 0.3) is 0 Å². The molecule has 2 aromatic carbocycles. The number of hydrogen-bond acceptors (Lipinski definition) is 4. The van der Waals surface area contributed by atoms with Gasteiger partial charge in [-0.15, -0.1) is 0 Å². The molecule has 5 nitrogen and oxygen atoms in total. The third-order valence-electron chi connectivity index (χ3n) is 4.30. The van der Waals surface area contributed by atoms with Crippen LogP contribution in [-0.4, -0.2) is 43.7 Å². The van der Waals surface area contributed by atoms with E-state index in [4.69, 9.17) is 9.47 Å². The lowest BCUT2D eigenvalue weighted by atomic mass is 10.0. The van der Waals surface area contributed by atoms with Gasteiger partial charge in [0.1, 0.15) is 5.75 Å². The van der Waals surface area contributed by atoms with E-state index in [-0.39, 0.29) is 12.0 Å². The molecule has 0 spiro atoms. The molecule has 0 radical (unpaired) electrons. The Bertz CT molecular complexity index is 798. The molecule has 1 atom stereocenters. The lowest BCUT2D eigenvalue weighted by molar-refractivity contribution is -0.0208. The van der Waals surface area contributed by atoms with Crippen LogP contribution in [0.2, 0.25) is 0 Å². The molecule has 1 amide bonds. The summed E-state index contributed by atoms with van der Waals surface area (Å²) in [5.41, 5.74) is 1.96. The zero-order valence-electron chi connectivity index (χ0n) is 14.1. The van der Waals surface area contributed by atoms with Crippen LogP contribution in [0.15, 0.2) is 48.5 Å². The number of carbonyl (C=O) groups is 1. The highest BCUT2D eigenvalue weighted by Crippen LogP contribution is 2.19. The number of ether oxygens (including phenoxy) is 2. The Morgan fingerprint density at radius 1 is 1.32 bits per heavy atom. The van der Waals surface area contributed by atoms with E-state index in [2.05, 4.69) is 6.07 Å². The SMILES string of the molecule is COc1cccc(C[C@H]2CN(C(=O)c3ccccc3C#N)CCO2)c1. The molecule has 0 aliphatic carbocycles. The average molecular weight is 336 g/mol. The van der Waals surface area contributed by atoms with E-state index >= 15 is 0 Å². The van der Waals surface area contributed by atoms with E-state index in [1.807, 2.05) is 24.3 Å². The van der Waals surface area contributed by atoms with Gasteiger partial charge >= 0.3 is 0 Å². The highest BCUT2D eigenvalue weighted by molar-refractivity contribution is 5.96. The summed E-state index contributed by atoms with van der Waals surface area (Å²) >= 11 is 0. The third kappa shape index (κ3) is 3.98. The smallest absolute Gasteiger partial charge is 0.255 e. The summed E-state index contributed by atoms with van der Waals surface area (Å²) < 4.78 is 11.1. The van der Waals surface area contributed by atoms with Crippen molar-refractivity contribution in [2.24, 2.45) is 0 Å². The van der Waals surface area contributed by atoms with Crippen molar-refractivity contribution in [3.63, 3.8) is 0 Å². The Hall–Kier alpha value is -2.84. The van der Waals surface area contributed by atoms with Gasteiger partial charge in [-0.3, -0.25) is 4.79 Å². The summed E-state index contributed by atoms with van der Waals surface area (Å²) in [6, 6.07) is 16.9. The fraction of sp³-hybridized carbons (Fsp3) is 0.300. The summed E-state index contributed by atoms with van der Waals surface area (Å²) in [6.45, 7) is 1.54. The summed E-state index contributed by atoms with van der Waals surface area (Å²) in [5.74, 6) is 0.695. The molecule has 1 heterocycles. The molecule has 1 fully saturated rings. The quantitative estimate of drug-likeness (QED) is 0.861. The van der Waals surface area contributed by atoms with Crippen molar-refractivity contribution in [2.45, 2.75) is 12.5 Å². The largest absolute Gasteiger partial charge is 0.497 e. The van der Waals surface area contributed by atoms with E-state index in [1.165, 1.54) is 0 Å². The normalized spacial score (nSPS) is 17.0. The second-order valence-corrected chi connectivity index (χ2v) is 5.96. The number of hydrogen-bond donors (Lipinski definition) is 0. The standard InChI is InChI=1S/C20H20N2O3/c1-24-17-7-4-5-15(11-17)12-18-14-22(9-10-25-18)20(23)19-8-3-2-6-16(19)13-21/h2-8,11,18H,9-10,12,14H2,1H3/t18-/m0/s1. The van der Waals surface area contributed by atoms with Gasteiger partial charge < -0.3 is 14.4 Å². The van der Waals surface area contributed by atoms with Crippen LogP contribution in [0, 0.1) is 11.3 Å². The molecule has 5 heteroatoms. The molecule has 1 aliphatic rings. The number of rotatable bonds is 4. The molecule has 128 valence electrons. The Morgan fingerprint density at radius 3 is 2.96 bits per heavy atom. The molecule has 0 bridgehead atoms. The van der Waals surface area contributed by atoms with E-state index in [9.17, 15) is 10.1 Å². The fourth-order valence-corrected chi connectivity index (χ4v) is 3.03. The topological polar surface area (TPSA) is 62.6 Å². The number of nitriles is 1. The van der Waals surface area contributed by atoms with Gasteiger partial charge in [0.25, 0.3) is 5.91 Å². The molecule has 1 saturated heterocycles. The van der Waals surface area contributed by atoms with Gasteiger partial charge in [0, 0.05) is 19.5 Å². The number of carbonyl (C=O) groups excluding carboxylic acids is 1. The van der Waals surface area contributed by atoms with Crippen LogP contribution < -0.4 is 4.74 Å². The van der Waals surface area contributed by atoms with E-state index < -0.39 is 0 Å². The zero-order valence-corrected chi connectivity index (χ0v) is 14.1. The number of morpholine rings is 1. The first kappa shape index (κ1) is 17.0. The summed E-state index contributed by atoms with van der Waals surface area (Å²) in [6.07, 6.45) is 0.639. The van der Waals surface area contributed by atoms with E-state index in [1.54, 1.807) is 36.3 Å². The molecular formula is C20H20N2O3. The van der Waals surface area contributed by atoms with Gasteiger partial charge in [0.15, 0.2) is 0 Å². The molecule has 0 aromatic heterocycles. The van der Waals surface area contributed by atoms with Crippen molar-refractivity contribution in [3.05, 3.63) is 65.2 Å². The van der Waals surface area contributed by atoms with Crippen molar-refractivity contribution in [2.75, 3.05) is 26.8 Å². The van der Waals surface area contributed by atoms with Crippen molar-refractivity contribution in [3.8, 4) is 11.8 Å². The molecule has 0 saturated carbocycles. The minimum Gasteiger partial charge on any atom is -0.497 e. The van der Waals surface area contributed by atoms with E-state index in [0.717, 1.165) is 11.3 Å². The minimum atomic E-state index is -0.115. The monoisotopic (exact) mass is 336 g/mol. The van der Waals surface area contributed by atoms with Crippen LogP contribution in [0.1, 0.15) is 21.5 Å². The predicted molar refractivity (Wildman–Crippen MR) is 93.5 cm³/mol. The van der Waals surface area contributed by atoms with Crippen LogP contribution >= 0.6 is 0 Å². The van der Waals surface area contributed by atoms with E-state index in [0.29, 0.717) is 37.2 Å². The number of amides is 1. The molecule has 0 N–H and O–H groups in total. The van der Waals surface area contributed by atoms with Gasteiger partial charge in [-0.05, 0) is 29.8 Å². The summed E-state index contributed by atoms with van der Waals surface area (Å²) in [4.78, 5) is 14.5. The summed E-state index contributed by atoms with van der Waals surface area (Å²) in [7, 11) is 1.64. The first-order valence-electron chi connectivity index (χ1n) is 8.24. The average Bonchev–Trinajstić information content (AvgIpc) is 2.67. The van der Waals surface area contributed by atoms with Crippen molar-refractivity contribution >= 4 is 5.91 Å². The molecule has 2 aromatic rings.